The Morgan fingerprint density at radius 1 is 1.32 bits per heavy atom. The van der Waals surface area contributed by atoms with E-state index < -0.39 is 0 Å². The van der Waals surface area contributed by atoms with Crippen LogP contribution in [-0.2, 0) is 0 Å². The molecule has 0 N–H and O–H groups in total. The van der Waals surface area contributed by atoms with Gasteiger partial charge in [0, 0.05) is 47.0 Å². The number of piperidine rings is 1. The van der Waals surface area contributed by atoms with Gasteiger partial charge in [-0.3, -0.25) is 4.98 Å². The number of ether oxygens (including phenoxy) is 1. The number of carbonyl (C=O) groups excluding carboxylic acids is 1. The smallest absolute Gasteiger partial charge is 0.410 e. The largest absolute Gasteiger partial charge is 0.415 e. The number of halogens is 1. The molecule has 144 valence electrons. The zero-order chi connectivity index (χ0) is 20.1. The Kier molecular flexibility index (Phi) is 6.06. The lowest BCUT2D eigenvalue weighted by Crippen LogP contribution is -2.46. The van der Waals surface area contributed by atoms with Crippen LogP contribution in [0.25, 0.3) is 0 Å². The number of carbonyl (C=O) groups is 1. The number of pyridine rings is 1. The van der Waals surface area contributed by atoms with Gasteiger partial charge in [0.1, 0.15) is 5.75 Å². The van der Waals surface area contributed by atoms with Crippen LogP contribution in [0.5, 0.6) is 5.75 Å². The van der Waals surface area contributed by atoms with Crippen molar-refractivity contribution in [3.8, 4) is 17.6 Å². The summed E-state index contributed by atoms with van der Waals surface area (Å²) in [5.74, 6) is 6.77. The van der Waals surface area contributed by atoms with Gasteiger partial charge >= 0.3 is 6.09 Å². The molecule has 1 aromatic carbocycles. The molecule has 1 aromatic heterocycles. The number of aromatic nitrogens is 1. The van der Waals surface area contributed by atoms with Gasteiger partial charge in [-0.15, -0.1) is 0 Å². The molecule has 0 atom stereocenters. The van der Waals surface area contributed by atoms with E-state index in [0.29, 0.717) is 23.9 Å². The van der Waals surface area contributed by atoms with Crippen molar-refractivity contribution < 1.29 is 9.53 Å². The fraction of sp³-hybridized carbons (Fsp3) is 0.304. The van der Waals surface area contributed by atoms with Crippen LogP contribution in [0.4, 0.5) is 4.79 Å². The van der Waals surface area contributed by atoms with E-state index in [2.05, 4.69) is 30.7 Å². The molecule has 4 nitrogen and oxygen atoms in total. The number of aryl methyl sites for hydroxylation is 1. The van der Waals surface area contributed by atoms with Crippen molar-refractivity contribution in [1.29, 1.82) is 0 Å². The molecule has 1 saturated heterocycles. The number of likely N-dealkylation sites (tertiary alicyclic amines) is 1. The zero-order valence-electron chi connectivity index (χ0n) is 16.3. The number of rotatable bonds is 1. The lowest BCUT2D eigenvalue weighted by molar-refractivity contribution is 0.123. The second-order valence-electron chi connectivity index (χ2n) is 7.51. The second kappa shape index (κ2) is 8.50. The van der Waals surface area contributed by atoms with Gasteiger partial charge in [-0.1, -0.05) is 48.9 Å². The number of amides is 1. The van der Waals surface area contributed by atoms with E-state index in [-0.39, 0.29) is 11.5 Å². The highest BCUT2D eigenvalue weighted by Crippen LogP contribution is 2.34. The highest BCUT2D eigenvalue weighted by Gasteiger charge is 2.33. The van der Waals surface area contributed by atoms with E-state index >= 15 is 0 Å². The first kappa shape index (κ1) is 20.0. The molecular weight excluding hydrogens is 372 g/mol. The summed E-state index contributed by atoms with van der Waals surface area (Å²) in [6.07, 6.45) is 4.04. The quantitative estimate of drug-likeness (QED) is 0.620. The zero-order valence-corrected chi connectivity index (χ0v) is 17.1. The minimum atomic E-state index is -0.331. The molecule has 3 rings (SSSR count). The molecule has 2 heterocycles. The van der Waals surface area contributed by atoms with Crippen LogP contribution >= 0.6 is 11.6 Å². The Bertz CT molecular complexity index is 970. The predicted molar refractivity (Wildman–Crippen MR) is 111 cm³/mol. The van der Waals surface area contributed by atoms with Gasteiger partial charge in [-0.2, -0.15) is 0 Å². The van der Waals surface area contributed by atoms with Crippen LogP contribution < -0.4 is 4.74 Å². The first-order valence-corrected chi connectivity index (χ1v) is 9.57. The summed E-state index contributed by atoms with van der Waals surface area (Å²) in [6.45, 7) is 7.30. The maximum atomic E-state index is 12.5. The molecule has 0 radical (unpaired) electrons. The Hall–Kier alpha value is -2.77. The molecule has 28 heavy (non-hydrogen) atoms. The maximum Gasteiger partial charge on any atom is 0.415 e. The Labute approximate surface area is 171 Å². The Balaban J connectivity index is 1.66. The van der Waals surface area contributed by atoms with E-state index in [9.17, 15) is 4.79 Å². The van der Waals surface area contributed by atoms with Gasteiger partial charge in [-0.25, -0.2) is 4.79 Å². The molecule has 0 aliphatic carbocycles. The molecule has 1 amide bonds. The third-order valence-electron chi connectivity index (χ3n) is 4.73. The number of allylic oxidation sites excluding steroid dienone is 1. The first-order chi connectivity index (χ1) is 13.3. The normalized spacial score (nSPS) is 17.0. The van der Waals surface area contributed by atoms with Gasteiger partial charge in [0.25, 0.3) is 0 Å². The number of hydrogen-bond donors (Lipinski definition) is 0. The Morgan fingerprint density at radius 2 is 2.14 bits per heavy atom. The van der Waals surface area contributed by atoms with Gasteiger partial charge in [0.05, 0.1) is 0 Å². The molecule has 0 bridgehead atoms. The van der Waals surface area contributed by atoms with E-state index in [0.717, 1.165) is 17.7 Å². The summed E-state index contributed by atoms with van der Waals surface area (Å²) >= 11 is 5.99. The topological polar surface area (TPSA) is 42.4 Å². The standard InChI is InChI=1S/C23H23ClN2O2/c1-17-14-21(10-12-25-17)28-22(27)26-13-11-19(23(2,3)16-26)8-4-6-18-7-5-9-20(24)15-18/h5,7-10,12,14-15H,11,13,16H2,1-3H3/b19-8+. The first-order valence-electron chi connectivity index (χ1n) is 9.19. The van der Waals surface area contributed by atoms with Crippen molar-refractivity contribution in [3.63, 3.8) is 0 Å². The van der Waals surface area contributed by atoms with Gasteiger partial charge < -0.3 is 9.64 Å². The van der Waals surface area contributed by atoms with E-state index in [4.69, 9.17) is 16.3 Å². The van der Waals surface area contributed by atoms with Crippen LogP contribution in [0.1, 0.15) is 31.5 Å². The third kappa shape index (κ3) is 5.15. The fourth-order valence-electron chi connectivity index (χ4n) is 3.20. The monoisotopic (exact) mass is 394 g/mol. The lowest BCUT2D eigenvalue weighted by atomic mass is 9.79. The van der Waals surface area contributed by atoms with Gasteiger partial charge in [0.2, 0.25) is 0 Å². The summed E-state index contributed by atoms with van der Waals surface area (Å²) in [7, 11) is 0. The number of nitrogens with zero attached hydrogens (tertiary/aromatic N) is 2. The van der Waals surface area contributed by atoms with E-state index in [1.54, 1.807) is 23.2 Å². The molecule has 1 fully saturated rings. The predicted octanol–water partition coefficient (Wildman–Crippen LogP) is 5.25. The summed E-state index contributed by atoms with van der Waals surface area (Å²) in [6, 6.07) is 10.9. The van der Waals surface area contributed by atoms with Crippen molar-refractivity contribution in [2.24, 2.45) is 5.41 Å². The molecular formula is C23H23ClN2O2. The van der Waals surface area contributed by atoms with Crippen LogP contribution in [-0.4, -0.2) is 29.1 Å². The highest BCUT2D eigenvalue weighted by atomic mass is 35.5. The molecule has 0 spiro atoms. The average molecular weight is 395 g/mol. The highest BCUT2D eigenvalue weighted by molar-refractivity contribution is 6.30. The second-order valence-corrected chi connectivity index (χ2v) is 7.94. The summed E-state index contributed by atoms with van der Waals surface area (Å²) in [5.41, 5.74) is 2.75. The van der Waals surface area contributed by atoms with Crippen LogP contribution in [0, 0.1) is 24.2 Å². The van der Waals surface area contributed by atoms with Crippen molar-refractivity contribution in [3.05, 3.63) is 70.5 Å². The fourth-order valence-corrected chi connectivity index (χ4v) is 3.39. The van der Waals surface area contributed by atoms with E-state index in [1.165, 1.54) is 5.57 Å². The maximum absolute atomic E-state index is 12.5. The molecule has 0 unspecified atom stereocenters. The molecule has 5 heteroatoms. The summed E-state index contributed by atoms with van der Waals surface area (Å²) in [5, 5.41) is 0.677. The lowest BCUT2D eigenvalue weighted by Gasteiger charge is -2.39. The summed E-state index contributed by atoms with van der Waals surface area (Å²) < 4.78 is 5.50. The minimum absolute atomic E-state index is 0.172. The van der Waals surface area contributed by atoms with Crippen LogP contribution in [0.2, 0.25) is 5.02 Å². The van der Waals surface area contributed by atoms with Gasteiger partial charge in [0.15, 0.2) is 0 Å². The van der Waals surface area contributed by atoms with Crippen molar-refractivity contribution >= 4 is 17.7 Å². The van der Waals surface area contributed by atoms with Crippen molar-refractivity contribution in [2.75, 3.05) is 13.1 Å². The van der Waals surface area contributed by atoms with Crippen molar-refractivity contribution in [2.45, 2.75) is 27.2 Å². The van der Waals surface area contributed by atoms with Crippen molar-refractivity contribution in [1.82, 2.24) is 9.88 Å². The third-order valence-corrected chi connectivity index (χ3v) is 4.96. The van der Waals surface area contributed by atoms with Gasteiger partial charge in [-0.05, 0) is 43.7 Å². The van der Waals surface area contributed by atoms with Crippen LogP contribution in [0.3, 0.4) is 0 Å². The Morgan fingerprint density at radius 3 is 2.86 bits per heavy atom. The molecule has 2 aromatic rings. The minimum Gasteiger partial charge on any atom is -0.410 e. The number of hydrogen-bond acceptors (Lipinski definition) is 3. The SMILES string of the molecule is Cc1cc(OC(=O)N2CC/C(=C\C#Cc3cccc(Cl)c3)C(C)(C)C2)ccn1. The van der Waals surface area contributed by atoms with E-state index in [1.807, 2.05) is 37.3 Å². The molecule has 1 aliphatic rings. The summed E-state index contributed by atoms with van der Waals surface area (Å²) in [4.78, 5) is 18.4. The number of benzene rings is 1. The average Bonchev–Trinajstić information content (AvgIpc) is 2.62. The molecule has 0 saturated carbocycles. The molecule has 1 aliphatic heterocycles. The van der Waals surface area contributed by atoms with Crippen LogP contribution in [0.15, 0.2) is 54.2 Å².